The van der Waals surface area contributed by atoms with Gasteiger partial charge in [0.25, 0.3) is 0 Å². The van der Waals surface area contributed by atoms with Crippen molar-refractivity contribution in [2.75, 3.05) is 5.32 Å². The van der Waals surface area contributed by atoms with E-state index in [2.05, 4.69) is 10.3 Å². The van der Waals surface area contributed by atoms with Crippen molar-refractivity contribution in [2.24, 2.45) is 0 Å². The molecule has 1 aromatic heterocycles. The van der Waals surface area contributed by atoms with Crippen molar-refractivity contribution in [3.63, 3.8) is 0 Å². The monoisotopic (exact) mass is 214 g/mol. The van der Waals surface area contributed by atoms with Crippen molar-refractivity contribution in [1.29, 1.82) is 0 Å². The van der Waals surface area contributed by atoms with E-state index in [4.69, 9.17) is 16.7 Å². The van der Waals surface area contributed by atoms with Crippen LogP contribution in [0.1, 0.15) is 24.2 Å². The second-order valence-corrected chi connectivity index (χ2v) is 3.57. The molecule has 0 fully saturated rings. The van der Waals surface area contributed by atoms with Crippen molar-refractivity contribution in [2.45, 2.75) is 19.9 Å². The Kier molecular flexibility index (Phi) is 3.30. The summed E-state index contributed by atoms with van der Waals surface area (Å²) in [5.41, 5.74) is 0.0873. The summed E-state index contributed by atoms with van der Waals surface area (Å²) in [6.07, 6.45) is 1.28. The van der Waals surface area contributed by atoms with Crippen LogP contribution in [0.4, 0.5) is 5.82 Å². The fourth-order valence-corrected chi connectivity index (χ4v) is 1.16. The Labute approximate surface area is 86.9 Å². The molecule has 76 valence electrons. The van der Waals surface area contributed by atoms with E-state index >= 15 is 0 Å². The smallest absolute Gasteiger partial charge is 0.337 e. The summed E-state index contributed by atoms with van der Waals surface area (Å²) in [5, 5.41) is 12.0. The Bertz CT molecular complexity index is 353. The Morgan fingerprint density at radius 3 is 2.71 bits per heavy atom. The van der Waals surface area contributed by atoms with E-state index in [9.17, 15) is 4.79 Å². The number of carboxylic acids is 1. The highest BCUT2D eigenvalue weighted by Gasteiger charge is 2.08. The van der Waals surface area contributed by atoms with E-state index in [1.807, 2.05) is 13.8 Å². The van der Waals surface area contributed by atoms with Gasteiger partial charge >= 0.3 is 5.97 Å². The van der Waals surface area contributed by atoms with Gasteiger partial charge in [-0.2, -0.15) is 0 Å². The van der Waals surface area contributed by atoms with Crippen molar-refractivity contribution < 1.29 is 9.90 Å². The lowest BCUT2D eigenvalue weighted by molar-refractivity contribution is 0.0696. The maximum absolute atomic E-state index is 10.6. The molecule has 1 aromatic rings. The highest BCUT2D eigenvalue weighted by molar-refractivity contribution is 6.33. The number of anilines is 1. The third-order valence-corrected chi connectivity index (χ3v) is 1.80. The molecule has 14 heavy (non-hydrogen) atoms. The molecule has 0 bridgehead atoms. The van der Waals surface area contributed by atoms with Crippen LogP contribution in [0.15, 0.2) is 12.3 Å². The molecule has 0 aromatic carbocycles. The van der Waals surface area contributed by atoms with Gasteiger partial charge in [-0.25, -0.2) is 9.78 Å². The van der Waals surface area contributed by atoms with Crippen molar-refractivity contribution in [1.82, 2.24) is 4.98 Å². The maximum Gasteiger partial charge on any atom is 0.337 e. The zero-order valence-electron chi connectivity index (χ0n) is 7.91. The largest absolute Gasteiger partial charge is 0.478 e. The van der Waals surface area contributed by atoms with E-state index in [-0.39, 0.29) is 11.6 Å². The minimum Gasteiger partial charge on any atom is -0.478 e. The molecule has 0 unspecified atom stereocenters. The van der Waals surface area contributed by atoms with E-state index < -0.39 is 5.97 Å². The van der Waals surface area contributed by atoms with Crippen molar-refractivity contribution in [3.05, 3.63) is 22.8 Å². The van der Waals surface area contributed by atoms with Crippen LogP contribution in [-0.4, -0.2) is 22.1 Å². The average Bonchev–Trinajstić information content (AvgIpc) is 2.07. The first-order chi connectivity index (χ1) is 6.50. The number of rotatable bonds is 3. The van der Waals surface area contributed by atoms with E-state index in [0.717, 1.165) is 0 Å². The number of nitrogens with zero attached hydrogens (tertiary/aromatic N) is 1. The number of halogens is 1. The highest BCUT2D eigenvalue weighted by Crippen LogP contribution is 2.20. The second kappa shape index (κ2) is 4.28. The molecular formula is C9H11ClN2O2. The molecule has 0 amide bonds. The molecular weight excluding hydrogens is 204 g/mol. The van der Waals surface area contributed by atoms with Gasteiger partial charge in [0.1, 0.15) is 5.82 Å². The van der Waals surface area contributed by atoms with Gasteiger partial charge in [0.05, 0.1) is 10.6 Å². The summed E-state index contributed by atoms with van der Waals surface area (Å²) >= 11 is 5.83. The SMILES string of the molecule is CC(C)Nc1ncc(C(=O)O)cc1Cl. The quantitative estimate of drug-likeness (QED) is 0.810. The average molecular weight is 215 g/mol. The Morgan fingerprint density at radius 1 is 1.64 bits per heavy atom. The number of carboxylic acid groups (broad SMARTS) is 1. The van der Waals surface area contributed by atoms with Crippen LogP contribution >= 0.6 is 11.6 Å². The second-order valence-electron chi connectivity index (χ2n) is 3.16. The summed E-state index contributed by atoms with van der Waals surface area (Å²) in [4.78, 5) is 14.5. The lowest BCUT2D eigenvalue weighted by atomic mass is 10.3. The Balaban J connectivity index is 2.95. The summed E-state index contributed by atoms with van der Waals surface area (Å²) < 4.78 is 0. The predicted octanol–water partition coefficient (Wildman–Crippen LogP) is 2.25. The summed E-state index contributed by atoms with van der Waals surface area (Å²) in [6, 6.07) is 1.58. The fraction of sp³-hybridized carbons (Fsp3) is 0.333. The summed E-state index contributed by atoms with van der Waals surface area (Å²) in [7, 11) is 0. The van der Waals surface area contributed by atoms with Crippen molar-refractivity contribution >= 4 is 23.4 Å². The molecule has 0 aliphatic rings. The number of hydrogen-bond donors (Lipinski definition) is 2. The molecule has 1 heterocycles. The van der Waals surface area contributed by atoms with Crippen LogP contribution < -0.4 is 5.32 Å². The first-order valence-electron chi connectivity index (χ1n) is 4.16. The van der Waals surface area contributed by atoms with Gasteiger partial charge in [-0.3, -0.25) is 0 Å². The molecule has 1 rings (SSSR count). The third kappa shape index (κ3) is 2.60. The number of hydrogen-bond acceptors (Lipinski definition) is 3. The summed E-state index contributed by atoms with van der Waals surface area (Å²) in [6.45, 7) is 3.90. The van der Waals surface area contributed by atoms with Crippen LogP contribution in [0.25, 0.3) is 0 Å². The van der Waals surface area contributed by atoms with Gasteiger partial charge < -0.3 is 10.4 Å². The number of aromatic carboxylic acids is 1. The number of aromatic nitrogens is 1. The lowest BCUT2D eigenvalue weighted by Gasteiger charge is -2.10. The molecule has 4 nitrogen and oxygen atoms in total. The lowest BCUT2D eigenvalue weighted by Crippen LogP contribution is -2.12. The molecule has 0 atom stereocenters. The molecule has 5 heteroatoms. The van der Waals surface area contributed by atoms with Gasteiger partial charge in [-0.15, -0.1) is 0 Å². The first-order valence-corrected chi connectivity index (χ1v) is 4.54. The van der Waals surface area contributed by atoms with Gasteiger partial charge in [0, 0.05) is 12.2 Å². The van der Waals surface area contributed by atoms with Gasteiger partial charge in [0.15, 0.2) is 0 Å². The van der Waals surface area contributed by atoms with Crippen LogP contribution in [0, 0.1) is 0 Å². The minimum absolute atomic E-state index is 0.0873. The van der Waals surface area contributed by atoms with Crippen LogP contribution in [0.2, 0.25) is 5.02 Å². The van der Waals surface area contributed by atoms with Gasteiger partial charge in [-0.1, -0.05) is 11.6 Å². The number of pyridine rings is 1. The van der Waals surface area contributed by atoms with E-state index in [1.54, 1.807) is 0 Å². The Morgan fingerprint density at radius 2 is 2.29 bits per heavy atom. The zero-order valence-corrected chi connectivity index (χ0v) is 8.67. The molecule has 0 aliphatic heterocycles. The molecule has 0 saturated carbocycles. The zero-order chi connectivity index (χ0) is 10.7. The number of carbonyl (C=O) groups is 1. The number of nitrogens with one attached hydrogen (secondary N) is 1. The van der Waals surface area contributed by atoms with Crippen LogP contribution in [0.5, 0.6) is 0 Å². The highest BCUT2D eigenvalue weighted by atomic mass is 35.5. The van der Waals surface area contributed by atoms with E-state index in [1.165, 1.54) is 12.3 Å². The third-order valence-electron chi connectivity index (χ3n) is 1.51. The van der Waals surface area contributed by atoms with Crippen molar-refractivity contribution in [3.8, 4) is 0 Å². The molecule has 2 N–H and O–H groups in total. The van der Waals surface area contributed by atoms with Crippen LogP contribution in [0.3, 0.4) is 0 Å². The minimum atomic E-state index is -1.03. The Hall–Kier alpha value is -1.29. The molecule has 0 saturated heterocycles. The van der Waals surface area contributed by atoms with E-state index in [0.29, 0.717) is 10.8 Å². The first kappa shape index (κ1) is 10.8. The van der Waals surface area contributed by atoms with Gasteiger partial charge in [-0.05, 0) is 19.9 Å². The standard InChI is InChI=1S/C9H11ClN2O2/c1-5(2)12-8-7(10)3-6(4-11-8)9(13)14/h3-5H,1-2H3,(H,11,12)(H,13,14). The normalized spacial score (nSPS) is 10.3. The maximum atomic E-state index is 10.6. The van der Waals surface area contributed by atoms with Gasteiger partial charge in [0.2, 0.25) is 0 Å². The fourth-order valence-electron chi connectivity index (χ4n) is 0.935. The van der Waals surface area contributed by atoms with Crippen LogP contribution in [-0.2, 0) is 0 Å². The molecule has 0 spiro atoms. The predicted molar refractivity (Wildman–Crippen MR) is 55.0 cm³/mol. The molecule has 0 radical (unpaired) electrons. The summed E-state index contributed by atoms with van der Waals surface area (Å²) in [5.74, 6) is -0.526. The molecule has 0 aliphatic carbocycles. The topological polar surface area (TPSA) is 62.2 Å².